The van der Waals surface area contributed by atoms with Crippen LogP contribution >= 0.6 is 11.6 Å². The first-order chi connectivity index (χ1) is 10.1. The van der Waals surface area contributed by atoms with Gasteiger partial charge in [-0.15, -0.1) is 0 Å². The van der Waals surface area contributed by atoms with Crippen LogP contribution in [-0.2, 0) is 0 Å². The van der Waals surface area contributed by atoms with E-state index in [1.807, 2.05) is 18.2 Å². The number of benzene rings is 2. The number of rotatable bonds is 2. The summed E-state index contributed by atoms with van der Waals surface area (Å²) in [6.07, 6.45) is 1.69. The molecule has 0 saturated carbocycles. The monoisotopic (exact) mass is 298 g/mol. The number of amides is 1. The third kappa shape index (κ3) is 2.66. The number of pyridine rings is 1. The molecule has 0 unspecified atom stereocenters. The predicted octanol–water partition coefficient (Wildman–Crippen LogP) is 3.85. The Kier molecular flexibility index (Phi) is 3.46. The molecule has 0 aliphatic heterocycles. The van der Waals surface area contributed by atoms with Crippen molar-refractivity contribution in [2.24, 2.45) is 0 Å². The fourth-order valence-corrected chi connectivity index (χ4v) is 2.29. The molecular weight excluding hydrogens is 288 g/mol. The van der Waals surface area contributed by atoms with E-state index in [0.29, 0.717) is 5.69 Å². The van der Waals surface area contributed by atoms with Gasteiger partial charge in [0.1, 0.15) is 5.75 Å². The number of carbonyl (C=O) groups is 1. The SMILES string of the molecule is O=C(Nc1cccc2ncccc12)c1cc(O)ccc1Cl. The molecule has 1 aromatic heterocycles. The maximum atomic E-state index is 12.3. The number of aromatic hydroxyl groups is 1. The van der Waals surface area contributed by atoms with Gasteiger partial charge in [0.25, 0.3) is 5.91 Å². The summed E-state index contributed by atoms with van der Waals surface area (Å²) >= 11 is 5.99. The van der Waals surface area contributed by atoms with Gasteiger partial charge in [-0.25, -0.2) is 0 Å². The van der Waals surface area contributed by atoms with Gasteiger partial charge in [0.15, 0.2) is 0 Å². The Morgan fingerprint density at radius 1 is 1.14 bits per heavy atom. The zero-order chi connectivity index (χ0) is 14.8. The molecule has 5 heteroatoms. The molecule has 104 valence electrons. The summed E-state index contributed by atoms with van der Waals surface area (Å²) in [5.74, 6) is -0.392. The second-order valence-corrected chi connectivity index (χ2v) is 4.90. The van der Waals surface area contributed by atoms with Crippen LogP contribution in [0.15, 0.2) is 54.7 Å². The number of hydrogen-bond acceptors (Lipinski definition) is 3. The molecule has 1 heterocycles. The highest BCUT2D eigenvalue weighted by atomic mass is 35.5. The molecule has 4 nitrogen and oxygen atoms in total. The van der Waals surface area contributed by atoms with Crippen molar-refractivity contribution in [3.05, 3.63) is 65.3 Å². The van der Waals surface area contributed by atoms with Crippen LogP contribution < -0.4 is 5.32 Å². The highest BCUT2D eigenvalue weighted by molar-refractivity contribution is 6.34. The maximum absolute atomic E-state index is 12.3. The van der Waals surface area contributed by atoms with Crippen LogP contribution in [0.5, 0.6) is 5.75 Å². The largest absolute Gasteiger partial charge is 0.508 e. The lowest BCUT2D eigenvalue weighted by atomic mass is 10.1. The number of halogens is 1. The lowest BCUT2D eigenvalue weighted by molar-refractivity contribution is 0.102. The van der Waals surface area contributed by atoms with Gasteiger partial charge in [-0.05, 0) is 42.5 Å². The van der Waals surface area contributed by atoms with Crippen molar-refractivity contribution >= 4 is 34.1 Å². The van der Waals surface area contributed by atoms with Gasteiger partial charge in [-0.3, -0.25) is 9.78 Å². The number of aromatic nitrogens is 1. The minimum atomic E-state index is -0.382. The van der Waals surface area contributed by atoms with E-state index in [0.717, 1.165) is 10.9 Å². The van der Waals surface area contributed by atoms with Gasteiger partial charge >= 0.3 is 0 Å². The molecule has 0 bridgehead atoms. The molecule has 0 aliphatic rings. The maximum Gasteiger partial charge on any atom is 0.257 e. The summed E-state index contributed by atoms with van der Waals surface area (Å²) in [6, 6.07) is 13.4. The molecule has 0 spiro atoms. The van der Waals surface area contributed by atoms with Crippen LogP contribution in [0.2, 0.25) is 5.02 Å². The predicted molar refractivity (Wildman–Crippen MR) is 82.8 cm³/mol. The van der Waals surface area contributed by atoms with E-state index < -0.39 is 0 Å². The molecule has 1 amide bonds. The molecule has 21 heavy (non-hydrogen) atoms. The van der Waals surface area contributed by atoms with Crippen LogP contribution in [0.25, 0.3) is 10.9 Å². The first-order valence-electron chi connectivity index (χ1n) is 6.29. The minimum absolute atomic E-state index is 0.0101. The van der Waals surface area contributed by atoms with E-state index >= 15 is 0 Å². The Hall–Kier alpha value is -2.59. The quantitative estimate of drug-likeness (QED) is 0.755. The van der Waals surface area contributed by atoms with Crippen LogP contribution in [0.4, 0.5) is 5.69 Å². The number of hydrogen-bond donors (Lipinski definition) is 2. The van der Waals surface area contributed by atoms with Gasteiger partial charge in [0.05, 0.1) is 21.8 Å². The number of carbonyl (C=O) groups excluding carboxylic acids is 1. The van der Waals surface area contributed by atoms with Crippen LogP contribution in [0.1, 0.15) is 10.4 Å². The van der Waals surface area contributed by atoms with Crippen molar-refractivity contribution in [1.29, 1.82) is 0 Å². The summed E-state index contributed by atoms with van der Waals surface area (Å²) in [4.78, 5) is 16.5. The average Bonchev–Trinajstić information content (AvgIpc) is 2.50. The molecule has 2 N–H and O–H groups in total. The van der Waals surface area contributed by atoms with Crippen molar-refractivity contribution in [1.82, 2.24) is 4.98 Å². The molecule has 3 aromatic rings. The van der Waals surface area contributed by atoms with Crippen LogP contribution in [-0.4, -0.2) is 16.0 Å². The number of fused-ring (bicyclic) bond motifs is 1. The van der Waals surface area contributed by atoms with Gasteiger partial charge in [0.2, 0.25) is 0 Å². The second-order valence-electron chi connectivity index (χ2n) is 4.49. The number of anilines is 1. The van der Waals surface area contributed by atoms with Crippen LogP contribution in [0, 0.1) is 0 Å². The summed E-state index contributed by atoms with van der Waals surface area (Å²) in [5, 5.41) is 13.4. The third-order valence-corrected chi connectivity index (χ3v) is 3.42. The van der Waals surface area contributed by atoms with E-state index in [1.165, 1.54) is 18.2 Å². The Morgan fingerprint density at radius 2 is 2.00 bits per heavy atom. The molecule has 2 aromatic carbocycles. The average molecular weight is 299 g/mol. The molecule has 0 atom stereocenters. The molecule has 0 fully saturated rings. The summed E-state index contributed by atoms with van der Waals surface area (Å²) in [5.41, 5.74) is 1.65. The van der Waals surface area contributed by atoms with Gasteiger partial charge < -0.3 is 10.4 Å². The van der Waals surface area contributed by atoms with Gasteiger partial charge in [-0.1, -0.05) is 17.7 Å². The topological polar surface area (TPSA) is 62.2 Å². The van der Waals surface area contributed by atoms with Crippen molar-refractivity contribution in [3.8, 4) is 5.75 Å². The standard InChI is InChI=1S/C16H11ClN2O2/c17-13-7-6-10(20)9-12(13)16(21)19-15-5-1-4-14-11(15)3-2-8-18-14/h1-9,20H,(H,19,21). The number of nitrogens with zero attached hydrogens (tertiary/aromatic N) is 1. The van der Waals surface area contributed by atoms with Crippen molar-refractivity contribution in [2.45, 2.75) is 0 Å². The Morgan fingerprint density at radius 3 is 2.86 bits per heavy atom. The Labute approximate surface area is 126 Å². The van der Waals surface area contributed by atoms with Crippen molar-refractivity contribution in [3.63, 3.8) is 0 Å². The molecule has 0 radical (unpaired) electrons. The molecule has 0 saturated heterocycles. The molecule has 3 rings (SSSR count). The van der Waals surface area contributed by atoms with Gasteiger partial charge in [0, 0.05) is 11.6 Å². The highest BCUT2D eigenvalue weighted by Crippen LogP contribution is 2.25. The lowest BCUT2D eigenvalue weighted by Gasteiger charge is -2.09. The van der Waals surface area contributed by atoms with E-state index in [2.05, 4.69) is 10.3 Å². The number of phenols is 1. The summed E-state index contributed by atoms with van der Waals surface area (Å²) < 4.78 is 0. The summed E-state index contributed by atoms with van der Waals surface area (Å²) in [6.45, 7) is 0. The summed E-state index contributed by atoms with van der Waals surface area (Å²) in [7, 11) is 0. The lowest BCUT2D eigenvalue weighted by Crippen LogP contribution is -2.12. The van der Waals surface area contributed by atoms with Crippen LogP contribution in [0.3, 0.4) is 0 Å². The van der Waals surface area contributed by atoms with Gasteiger partial charge in [-0.2, -0.15) is 0 Å². The fourth-order valence-electron chi connectivity index (χ4n) is 2.09. The highest BCUT2D eigenvalue weighted by Gasteiger charge is 2.13. The van der Waals surface area contributed by atoms with E-state index in [9.17, 15) is 9.90 Å². The molecular formula is C16H11ClN2O2. The second kappa shape index (κ2) is 5.42. The first-order valence-corrected chi connectivity index (χ1v) is 6.66. The zero-order valence-electron chi connectivity index (χ0n) is 10.9. The number of phenolic OH excluding ortho intramolecular Hbond substituents is 1. The normalized spacial score (nSPS) is 10.5. The number of nitrogens with one attached hydrogen (secondary N) is 1. The minimum Gasteiger partial charge on any atom is -0.508 e. The first kappa shape index (κ1) is 13.4. The fraction of sp³-hybridized carbons (Fsp3) is 0. The molecule has 0 aliphatic carbocycles. The van der Waals surface area contributed by atoms with E-state index in [-0.39, 0.29) is 22.2 Å². The van der Waals surface area contributed by atoms with E-state index in [4.69, 9.17) is 11.6 Å². The Bertz CT molecular complexity index is 828. The van der Waals surface area contributed by atoms with Crippen molar-refractivity contribution in [2.75, 3.05) is 5.32 Å². The van der Waals surface area contributed by atoms with Crippen molar-refractivity contribution < 1.29 is 9.90 Å². The Balaban J connectivity index is 1.99. The van der Waals surface area contributed by atoms with E-state index in [1.54, 1.807) is 18.3 Å². The zero-order valence-corrected chi connectivity index (χ0v) is 11.6. The third-order valence-electron chi connectivity index (χ3n) is 3.09. The smallest absolute Gasteiger partial charge is 0.257 e.